The number of amides is 2. The summed E-state index contributed by atoms with van der Waals surface area (Å²) < 4.78 is 18.8. The highest BCUT2D eigenvalue weighted by atomic mass is 19.1. The normalized spacial score (nSPS) is 22.1. The van der Waals surface area contributed by atoms with E-state index in [1.54, 1.807) is 23.1 Å². The summed E-state index contributed by atoms with van der Waals surface area (Å²) in [6.45, 7) is 1.72. The maximum atomic E-state index is 13.7. The zero-order chi connectivity index (χ0) is 17.4. The summed E-state index contributed by atoms with van der Waals surface area (Å²) in [7, 11) is 0. The number of aryl methyl sites for hydroxylation is 1. The van der Waals surface area contributed by atoms with E-state index in [-0.39, 0.29) is 47.9 Å². The molecule has 2 saturated heterocycles. The van der Waals surface area contributed by atoms with Gasteiger partial charge in [0.25, 0.3) is 0 Å². The van der Waals surface area contributed by atoms with Crippen LogP contribution in [0.25, 0.3) is 11.4 Å². The van der Waals surface area contributed by atoms with E-state index in [0.717, 1.165) is 0 Å². The molecule has 25 heavy (non-hydrogen) atoms. The lowest BCUT2D eigenvalue weighted by Gasteiger charge is -2.16. The van der Waals surface area contributed by atoms with Crippen LogP contribution < -0.4 is 5.32 Å². The molecule has 2 aliphatic rings. The lowest BCUT2D eigenvalue weighted by Crippen LogP contribution is -2.33. The van der Waals surface area contributed by atoms with Crippen molar-refractivity contribution in [1.82, 2.24) is 20.4 Å². The molecule has 7 nitrogen and oxygen atoms in total. The molecule has 2 aromatic rings. The topological polar surface area (TPSA) is 88.3 Å². The van der Waals surface area contributed by atoms with Crippen molar-refractivity contribution >= 4 is 11.8 Å². The summed E-state index contributed by atoms with van der Waals surface area (Å²) >= 11 is 0. The van der Waals surface area contributed by atoms with E-state index in [4.69, 9.17) is 4.52 Å². The summed E-state index contributed by atoms with van der Waals surface area (Å²) in [4.78, 5) is 29.9. The predicted octanol–water partition coefficient (Wildman–Crippen LogP) is 1.01. The van der Waals surface area contributed by atoms with E-state index >= 15 is 0 Å². The fourth-order valence-corrected chi connectivity index (χ4v) is 3.42. The van der Waals surface area contributed by atoms with Crippen LogP contribution in [0.5, 0.6) is 0 Å². The van der Waals surface area contributed by atoms with E-state index in [1.807, 2.05) is 0 Å². The average Bonchev–Trinajstić information content (AvgIpc) is 3.31. The zero-order valence-corrected chi connectivity index (χ0v) is 13.4. The Morgan fingerprint density at radius 3 is 3.00 bits per heavy atom. The Kier molecular flexibility index (Phi) is 3.95. The highest BCUT2D eigenvalue weighted by molar-refractivity contribution is 5.84. The van der Waals surface area contributed by atoms with Crippen molar-refractivity contribution in [1.29, 1.82) is 0 Å². The van der Waals surface area contributed by atoms with Gasteiger partial charge in [0, 0.05) is 38.4 Å². The fraction of sp³-hybridized carbons (Fsp3) is 0.412. The second kappa shape index (κ2) is 6.27. The molecule has 0 unspecified atom stereocenters. The van der Waals surface area contributed by atoms with E-state index in [2.05, 4.69) is 15.5 Å². The predicted molar refractivity (Wildman–Crippen MR) is 84.6 cm³/mol. The number of carbonyl (C=O) groups excluding carboxylic acids is 2. The van der Waals surface area contributed by atoms with E-state index < -0.39 is 5.82 Å². The van der Waals surface area contributed by atoms with Crippen LogP contribution in [0.4, 0.5) is 4.39 Å². The largest absolute Gasteiger partial charge is 0.355 e. The standard InChI is InChI=1S/C17H17FN4O3/c18-13-4-2-1-3-11(13)16-20-14(25-21-16)5-6-15(23)22-8-10-7-19-17(24)12(10)9-22/h1-4,10,12H,5-9H2,(H,19,24)/t10-,12+/m0/s1. The van der Waals surface area contributed by atoms with Crippen LogP contribution in [-0.4, -0.2) is 46.5 Å². The minimum Gasteiger partial charge on any atom is -0.355 e. The molecule has 1 N–H and O–H groups in total. The number of nitrogens with one attached hydrogen (secondary N) is 1. The highest BCUT2D eigenvalue weighted by Gasteiger charge is 2.43. The van der Waals surface area contributed by atoms with Gasteiger partial charge in [-0.15, -0.1) is 0 Å². The van der Waals surface area contributed by atoms with E-state index in [1.165, 1.54) is 6.07 Å². The van der Waals surface area contributed by atoms with Crippen LogP contribution in [0.3, 0.4) is 0 Å². The van der Waals surface area contributed by atoms with Crippen LogP contribution in [0.2, 0.25) is 0 Å². The molecule has 2 aliphatic heterocycles. The second-order valence-corrected chi connectivity index (χ2v) is 6.40. The SMILES string of the molecule is O=C1NC[C@H]2CN(C(=O)CCc3nc(-c4ccccc4F)no3)C[C@@H]12. The Balaban J connectivity index is 1.35. The molecule has 0 saturated carbocycles. The number of carbonyl (C=O) groups is 2. The third-order valence-electron chi connectivity index (χ3n) is 4.80. The average molecular weight is 344 g/mol. The minimum absolute atomic E-state index is 0.0340. The third-order valence-corrected chi connectivity index (χ3v) is 4.80. The Morgan fingerprint density at radius 1 is 1.36 bits per heavy atom. The van der Waals surface area contributed by atoms with Gasteiger partial charge in [-0.25, -0.2) is 4.39 Å². The molecule has 0 spiro atoms. The summed E-state index contributed by atoms with van der Waals surface area (Å²) in [5.74, 6) is 0.177. The molecule has 130 valence electrons. The number of benzene rings is 1. The third kappa shape index (κ3) is 2.99. The number of rotatable bonds is 4. The zero-order valence-electron chi connectivity index (χ0n) is 13.4. The van der Waals surface area contributed by atoms with Gasteiger partial charge in [-0.05, 0) is 12.1 Å². The molecule has 0 bridgehead atoms. The Hall–Kier alpha value is -2.77. The molecule has 2 atom stereocenters. The summed E-state index contributed by atoms with van der Waals surface area (Å²) in [6, 6.07) is 6.18. The van der Waals surface area contributed by atoms with Crippen molar-refractivity contribution in [2.24, 2.45) is 11.8 Å². The van der Waals surface area contributed by atoms with Gasteiger partial charge in [0.05, 0.1) is 11.5 Å². The molecule has 2 amide bonds. The van der Waals surface area contributed by atoms with Gasteiger partial charge >= 0.3 is 0 Å². The van der Waals surface area contributed by atoms with Gasteiger partial charge in [-0.1, -0.05) is 17.3 Å². The summed E-state index contributed by atoms with van der Waals surface area (Å²) in [5, 5.41) is 6.60. The van der Waals surface area contributed by atoms with Gasteiger partial charge in [-0.3, -0.25) is 9.59 Å². The van der Waals surface area contributed by atoms with Gasteiger partial charge < -0.3 is 14.7 Å². The second-order valence-electron chi connectivity index (χ2n) is 6.40. The minimum atomic E-state index is -0.423. The van der Waals surface area contributed by atoms with E-state index in [0.29, 0.717) is 25.5 Å². The smallest absolute Gasteiger partial charge is 0.227 e. The number of likely N-dealkylation sites (tertiary alicyclic amines) is 1. The molecular formula is C17H17FN4O3. The fourth-order valence-electron chi connectivity index (χ4n) is 3.42. The van der Waals surface area contributed by atoms with Crippen molar-refractivity contribution in [3.8, 4) is 11.4 Å². The van der Waals surface area contributed by atoms with Crippen LogP contribution in [-0.2, 0) is 16.0 Å². The lowest BCUT2D eigenvalue weighted by atomic mass is 10.0. The Morgan fingerprint density at radius 2 is 2.20 bits per heavy atom. The van der Waals surface area contributed by atoms with E-state index in [9.17, 15) is 14.0 Å². The number of halogens is 1. The quantitative estimate of drug-likeness (QED) is 0.894. The molecule has 0 aliphatic carbocycles. The number of hydrogen-bond acceptors (Lipinski definition) is 5. The summed E-state index contributed by atoms with van der Waals surface area (Å²) in [6.07, 6.45) is 0.512. The maximum absolute atomic E-state index is 13.7. The first-order chi connectivity index (χ1) is 12.1. The first-order valence-corrected chi connectivity index (χ1v) is 8.25. The molecule has 4 rings (SSSR count). The van der Waals surface area contributed by atoms with Crippen molar-refractivity contribution < 1.29 is 18.5 Å². The number of nitrogens with zero attached hydrogens (tertiary/aromatic N) is 3. The molecule has 8 heteroatoms. The monoisotopic (exact) mass is 344 g/mol. The van der Waals surface area contributed by atoms with Crippen molar-refractivity contribution in [2.75, 3.05) is 19.6 Å². The van der Waals surface area contributed by atoms with Gasteiger partial charge in [0.15, 0.2) is 0 Å². The van der Waals surface area contributed by atoms with Crippen LogP contribution in [0.15, 0.2) is 28.8 Å². The number of fused-ring (bicyclic) bond motifs is 1. The van der Waals surface area contributed by atoms with Gasteiger partial charge in [0.1, 0.15) is 5.82 Å². The van der Waals surface area contributed by atoms with Gasteiger partial charge in [-0.2, -0.15) is 4.98 Å². The molecule has 2 fully saturated rings. The maximum Gasteiger partial charge on any atom is 0.227 e. The lowest BCUT2D eigenvalue weighted by molar-refractivity contribution is -0.130. The highest BCUT2D eigenvalue weighted by Crippen LogP contribution is 2.28. The van der Waals surface area contributed by atoms with Crippen LogP contribution in [0, 0.1) is 17.7 Å². The van der Waals surface area contributed by atoms with Crippen molar-refractivity contribution in [2.45, 2.75) is 12.8 Å². The molecule has 1 aromatic carbocycles. The van der Waals surface area contributed by atoms with Crippen LogP contribution in [0.1, 0.15) is 12.3 Å². The first kappa shape index (κ1) is 15.7. The Bertz CT molecular complexity index is 822. The van der Waals surface area contributed by atoms with Crippen LogP contribution >= 0.6 is 0 Å². The number of aromatic nitrogens is 2. The molecular weight excluding hydrogens is 327 g/mol. The first-order valence-electron chi connectivity index (χ1n) is 8.25. The Labute approximate surface area is 143 Å². The summed E-state index contributed by atoms with van der Waals surface area (Å²) in [5.41, 5.74) is 0.266. The molecule has 3 heterocycles. The van der Waals surface area contributed by atoms with Crippen molar-refractivity contribution in [3.05, 3.63) is 36.0 Å². The van der Waals surface area contributed by atoms with Gasteiger partial charge in [0.2, 0.25) is 23.5 Å². The molecule has 1 aromatic heterocycles. The molecule has 0 radical (unpaired) electrons. The number of hydrogen-bond donors (Lipinski definition) is 1. The van der Waals surface area contributed by atoms with Crippen molar-refractivity contribution in [3.63, 3.8) is 0 Å².